The van der Waals surface area contributed by atoms with E-state index in [9.17, 15) is 14.7 Å². The van der Waals surface area contributed by atoms with Crippen LogP contribution in [0.3, 0.4) is 0 Å². The Balaban J connectivity index is 1.85. The molecule has 20 heavy (non-hydrogen) atoms. The smallest absolute Gasteiger partial charge is 0.308 e. The first-order valence-electron chi connectivity index (χ1n) is 7.07. The molecule has 0 radical (unpaired) electrons. The van der Waals surface area contributed by atoms with E-state index in [2.05, 4.69) is 10.3 Å². The summed E-state index contributed by atoms with van der Waals surface area (Å²) in [5.41, 5.74) is 0. The second-order valence-corrected chi connectivity index (χ2v) is 6.16. The number of carboxylic acid groups (broad SMARTS) is 1. The van der Waals surface area contributed by atoms with Crippen LogP contribution < -0.4 is 5.32 Å². The Labute approximate surface area is 122 Å². The fraction of sp³-hybridized carbons (Fsp3) is 0.643. The van der Waals surface area contributed by atoms with Crippen molar-refractivity contribution in [2.45, 2.75) is 51.0 Å². The SMILES string of the molecule is O=C(CCc1nccs1)N[C@H]1CCCCC[C@H]1C(=O)O. The van der Waals surface area contributed by atoms with Crippen molar-refractivity contribution in [3.8, 4) is 0 Å². The van der Waals surface area contributed by atoms with Gasteiger partial charge >= 0.3 is 5.97 Å². The molecular weight excluding hydrogens is 276 g/mol. The molecule has 2 atom stereocenters. The van der Waals surface area contributed by atoms with E-state index in [0.29, 0.717) is 19.3 Å². The number of amides is 1. The minimum Gasteiger partial charge on any atom is -0.481 e. The summed E-state index contributed by atoms with van der Waals surface area (Å²) < 4.78 is 0. The first kappa shape index (κ1) is 15.0. The molecule has 1 fully saturated rings. The largest absolute Gasteiger partial charge is 0.481 e. The maximum atomic E-state index is 12.0. The molecule has 0 bridgehead atoms. The normalized spacial score (nSPS) is 23.0. The van der Waals surface area contributed by atoms with Gasteiger partial charge in [-0.3, -0.25) is 9.59 Å². The van der Waals surface area contributed by atoms with Crippen molar-refractivity contribution in [2.75, 3.05) is 0 Å². The zero-order chi connectivity index (χ0) is 14.4. The van der Waals surface area contributed by atoms with E-state index >= 15 is 0 Å². The summed E-state index contributed by atoms with van der Waals surface area (Å²) in [4.78, 5) is 27.4. The van der Waals surface area contributed by atoms with Gasteiger partial charge in [-0.1, -0.05) is 19.3 Å². The highest BCUT2D eigenvalue weighted by atomic mass is 32.1. The van der Waals surface area contributed by atoms with Crippen LogP contribution in [0.1, 0.15) is 43.5 Å². The molecule has 1 aliphatic rings. The molecule has 2 N–H and O–H groups in total. The van der Waals surface area contributed by atoms with Gasteiger partial charge in [0.15, 0.2) is 0 Å². The molecule has 0 aliphatic heterocycles. The zero-order valence-corrected chi connectivity index (χ0v) is 12.2. The Bertz CT molecular complexity index is 447. The average Bonchev–Trinajstić information content (AvgIpc) is 2.82. The topological polar surface area (TPSA) is 79.3 Å². The number of carbonyl (C=O) groups is 2. The lowest BCUT2D eigenvalue weighted by atomic mass is 9.94. The van der Waals surface area contributed by atoms with E-state index in [0.717, 1.165) is 30.7 Å². The van der Waals surface area contributed by atoms with Crippen molar-refractivity contribution in [1.82, 2.24) is 10.3 Å². The third-order valence-corrected chi connectivity index (χ3v) is 4.57. The van der Waals surface area contributed by atoms with Crippen LogP contribution >= 0.6 is 11.3 Å². The second-order valence-electron chi connectivity index (χ2n) is 5.18. The first-order valence-corrected chi connectivity index (χ1v) is 7.95. The third kappa shape index (κ3) is 4.30. The number of aromatic nitrogens is 1. The fourth-order valence-electron chi connectivity index (χ4n) is 2.65. The number of carbonyl (C=O) groups excluding carboxylic acids is 1. The molecule has 0 saturated heterocycles. The molecule has 5 nitrogen and oxygen atoms in total. The standard InChI is InChI=1S/C14H20N2O3S/c17-12(6-7-13-15-8-9-20-13)16-11-5-3-1-2-4-10(11)14(18)19/h8-11H,1-7H2,(H,16,17)(H,18,19)/t10-,11+/m1/s1. The van der Waals surface area contributed by atoms with E-state index in [1.54, 1.807) is 6.20 Å². The number of hydrogen-bond donors (Lipinski definition) is 2. The summed E-state index contributed by atoms with van der Waals surface area (Å²) in [5.74, 6) is -1.31. The predicted octanol–water partition coefficient (Wildman–Crippen LogP) is 2.23. The van der Waals surface area contributed by atoms with Crippen molar-refractivity contribution >= 4 is 23.2 Å². The van der Waals surface area contributed by atoms with Gasteiger partial charge in [-0.15, -0.1) is 11.3 Å². The Morgan fingerprint density at radius 1 is 1.35 bits per heavy atom. The molecule has 0 aromatic carbocycles. The van der Waals surface area contributed by atoms with Gasteiger partial charge in [0.1, 0.15) is 0 Å². The number of carboxylic acids is 1. The summed E-state index contributed by atoms with van der Waals surface area (Å²) in [6.07, 6.45) is 7.11. The molecule has 0 unspecified atom stereocenters. The Morgan fingerprint density at radius 3 is 2.85 bits per heavy atom. The van der Waals surface area contributed by atoms with Crippen LogP contribution in [0.2, 0.25) is 0 Å². The number of nitrogens with zero attached hydrogens (tertiary/aromatic N) is 1. The highest BCUT2D eigenvalue weighted by molar-refractivity contribution is 7.09. The Kier molecular flexibility index (Phi) is 5.52. The van der Waals surface area contributed by atoms with E-state index in [4.69, 9.17) is 0 Å². The number of aryl methyl sites for hydroxylation is 1. The van der Waals surface area contributed by atoms with Crippen molar-refractivity contribution in [2.24, 2.45) is 5.92 Å². The van der Waals surface area contributed by atoms with Gasteiger partial charge in [-0.05, 0) is 12.8 Å². The molecule has 1 aliphatic carbocycles. The lowest BCUT2D eigenvalue weighted by Gasteiger charge is -2.22. The summed E-state index contributed by atoms with van der Waals surface area (Å²) in [6.45, 7) is 0. The van der Waals surface area contributed by atoms with Crippen LogP contribution in [0.15, 0.2) is 11.6 Å². The Morgan fingerprint density at radius 2 is 2.15 bits per heavy atom. The number of nitrogens with one attached hydrogen (secondary N) is 1. The number of aliphatic carboxylic acids is 1. The van der Waals surface area contributed by atoms with Crippen molar-refractivity contribution < 1.29 is 14.7 Å². The molecular formula is C14H20N2O3S. The van der Waals surface area contributed by atoms with E-state index in [-0.39, 0.29) is 11.9 Å². The summed E-state index contributed by atoms with van der Waals surface area (Å²) >= 11 is 1.53. The van der Waals surface area contributed by atoms with Gasteiger partial charge in [0.05, 0.1) is 10.9 Å². The summed E-state index contributed by atoms with van der Waals surface area (Å²) in [5, 5.41) is 15.0. The summed E-state index contributed by atoms with van der Waals surface area (Å²) in [7, 11) is 0. The van der Waals surface area contributed by atoms with Crippen LogP contribution in [-0.2, 0) is 16.0 Å². The first-order chi connectivity index (χ1) is 9.66. The van der Waals surface area contributed by atoms with Gasteiger partial charge in [-0.25, -0.2) is 4.98 Å². The molecule has 1 amide bonds. The minimum atomic E-state index is -0.794. The quantitative estimate of drug-likeness (QED) is 0.817. The van der Waals surface area contributed by atoms with Gasteiger partial charge in [-0.2, -0.15) is 0 Å². The number of hydrogen-bond acceptors (Lipinski definition) is 4. The fourth-order valence-corrected chi connectivity index (χ4v) is 3.27. The van der Waals surface area contributed by atoms with Crippen LogP contribution in [0.5, 0.6) is 0 Å². The summed E-state index contributed by atoms with van der Waals surface area (Å²) in [6, 6.07) is -0.223. The molecule has 6 heteroatoms. The van der Waals surface area contributed by atoms with Gasteiger partial charge in [0.25, 0.3) is 0 Å². The molecule has 1 aromatic rings. The molecule has 1 saturated carbocycles. The van der Waals surface area contributed by atoms with Gasteiger partial charge in [0.2, 0.25) is 5.91 Å². The van der Waals surface area contributed by atoms with Gasteiger partial charge in [0, 0.05) is 30.5 Å². The lowest BCUT2D eigenvalue weighted by Crippen LogP contribution is -2.42. The van der Waals surface area contributed by atoms with Crippen LogP contribution in [-0.4, -0.2) is 28.0 Å². The number of thiazole rings is 1. The zero-order valence-electron chi connectivity index (χ0n) is 11.4. The number of rotatable bonds is 5. The second kappa shape index (κ2) is 7.38. The van der Waals surface area contributed by atoms with Crippen molar-refractivity contribution in [3.63, 3.8) is 0 Å². The highest BCUT2D eigenvalue weighted by Crippen LogP contribution is 2.24. The van der Waals surface area contributed by atoms with Gasteiger partial charge < -0.3 is 10.4 Å². The highest BCUT2D eigenvalue weighted by Gasteiger charge is 2.30. The van der Waals surface area contributed by atoms with Crippen molar-refractivity contribution in [1.29, 1.82) is 0 Å². The maximum Gasteiger partial charge on any atom is 0.308 e. The van der Waals surface area contributed by atoms with E-state index in [1.165, 1.54) is 11.3 Å². The molecule has 110 valence electrons. The van der Waals surface area contributed by atoms with Crippen LogP contribution in [0, 0.1) is 5.92 Å². The monoisotopic (exact) mass is 296 g/mol. The minimum absolute atomic E-state index is 0.0710. The maximum absolute atomic E-state index is 12.0. The van der Waals surface area contributed by atoms with Crippen LogP contribution in [0.25, 0.3) is 0 Å². The molecule has 1 aromatic heterocycles. The van der Waals surface area contributed by atoms with Crippen LogP contribution in [0.4, 0.5) is 0 Å². The molecule has 2 rings (SSSR count). The lowest BCUT2D eigenvalue weighted by molar-refractivity contribution is -0.143. The van der Waals surface area contributed by atoms with E-state index in [1.807, 2.05) is 5.38 Å². The van der Waals surface area contributed by atoms with Crippen molar-refractivity contribution in [3.05, 3.63) is 16.6 Å². The molecule has 1 heterocycles. The predicted molar refractivity (Wildman–Crippen MR) is 76.6 cm³/mol. The third-order valence-electron chi connectivity index (χ3n) is 3.73. The Hall–Kier alpha value is -1.43. The molecule has 0 spiro atoms. The van der Waals surface area contributed by atoms with E-state index < -0.39 is 11.9 Å². The average molecular weight is 296 g/mol.